The van der Waals surface area contributed by atoms with E-state index in [0.29, 0.717) is 30.5 Å². The van der Waals surface area contributed by atoms with E-state index in [9.17, 15) is 14.4 Å². The molecule has 2 N–H and O–H groups in total. The minimum Gasteiger partial charge on any atom is -0.322 e. The molecule has 1 unspecified atom stereocenters. The maximum atomic E-state index is 13.0. The third kappa shape index (κ3) is 4.75. The predicted octanol–water partition coefficient (Wildman–Crippen LogP) is 2.43. The number of hydrogen-bond acceptors (Lipinski definition) is 4. The molecule has 33 heavy (non-hydrogen) atoms. The summed E-state index contributed by atoms with van der Waals surface area (Å²) in [4.78, 5) is 38.4. The Bertz CT molecular complexity index is 943. The number of rotatable bonds is 5. The van der Waals surface area contributed by atoms with Crippen molar-refractivity contribution < 1.29 is 14.4 Å². The van der Waals surface area contributed by atoms with Gasteiger partial charge in [0, 0.05) is 24.6 Å². The number of carbonyl (C=O) groups is 3. The van der Waals surface area contributed by atoms with Crippen molar-refractivity contribution >= 4 is 25.6 Å². The van der Waals surface area contributed by atoms with Crippen LogP contribution in [-0.4, -0.2) is 48.0 Å². The quantitative estimate of drug-likeness (QED) is 0.535. The van der Waals surface area contributed by atoms with E-state index in [1.165, 1.54) is 63.4 Å². The summed E-state index contributed by atoms with van der Waals surface area (Å²) in [5.41, 5.74) is 3.29. The molecule has 1 saturated heterocycles. The molecular weight excluding hydrogens is 413 g/mol. The molecule has 0 spiro atoms. The maximum absolute atomic E-state index is 13.0. The minimum absolute atomic E-state index is 0.0894. The van der Waals surface area contributed by atoms with Gasteiger partial charge in [-0.1, -0.05) is 44.2 Å². The van der Waals surface area contributed by atoms with Gasteiger partial charge in [-0.25, -0.2) is 0 Å². The first-order valence-corrected chi connectivity index (χ1v) is 13.0. The molecule has 7 heteroatoms. The van der Waals surface area contributed by atoms with Crippen LogP contribution >= 0.6 is 0 Å². The first kappa shape index (κ1) is 22.6. The molecule has 1 aromatic carbocycles. The zero-order chi connectivity index (χ0) is 23.0. The van der Waals surface area contributed by atoms with Gasteiger partial charge in [0.1, 0.15) is 13.9 Å². The Hall–Kier alpha value is -2.15. The molecule has 0 aromatic heterocycles. The highest BCUT2D eigenvalue weighted by atomic mass is 16.2. The van der Waals surface area contributed by atoms with Crippen molar-refractivity contribution in [2.45, 2.75) is 101 Å². The number of carbonyl (C=O) groups excluding carboxylic acids is 3. The summed E-state index contributed by atoms with van der Waals surface area (Å²) in [7, 11) is 2.42. The normalized spacial score (nSPS) is 29.6. The van der Waals surface area contributed by atoms with Gasteiger partial charge in [0.15, 0.2) is 0 Å². The summed E-state index contributed by atoms with van der Waals surface area (Å²) >= 11 is 0. The van der Waals surface area contributed by atoms with Gasteiger partial charge in [0.2, 0.25) is 11.8 Å². The van der Waals surface area contributed by atoms with Gasteiger partial charge in [0.25, 0.3) is 5.91 Å². The zero-order valence-corrected chi connectivity index (χ0v) is 19.8. The third-order valence-corrected chi connectivity index (χ3v) is 8.49. The van der Waals surface area contributed by atoms with Crippen molar-refractivity contribution in [1.29, 1.82) is 0 Å². The molecule has 5 rings (SSSR count). The highest BCUT2D eigenvalue weighted by Gasteiger charge is 2.39. The fraction of sp³-hybridized carbons (Fsp3) is 0.654. The Morgan fingerprint density at radius 1 is 1.03 bits per heavy atom. The van der Waals surface area contributed by atoms with Crippen molar-refractivity contribution in [3.05, 3.63) is 34.9 Å². The van der Waals surface area contributed by atoms with E-state index >= 15 is 0 Å². The minimum atomic E-state index is -0.547. The fourth-order valence-corrected chi connectivity index (χ4v) is 6.62. The zero-order valence-electron chi connectivity index (χ0n) is 19.8. The van der Waals surface area contributed by atoms with Crippen molar-refractivity contribution in [1.82, 2.24) is 15.5 Å². The number of hydrogen-bond donors (Lipinski definition) is 2. The number of fused-ring (bicyclic) bond motifs is 1. The Balaban J connectivity index is 1.27. The number of amides is 3. The van der Waals surface area contributed by atoms with Crippen LogP contribution in [-0.2, 0) is 22.6 Å². The topological polar surface area (TPSA) is 78.5 Å². The van der Waals surface area contributed by atoms with E-state index in [2.05, 4.69) is 30.6 Å². The molecule has 176 valence electrons. The Morgan fingerprint density at radius 2 is 1.82 bits per heavy atom. The smallest absolute Gasteiger partial charge is 0.255 e. The molecule has 2 aliphatic heterocycles. The van der Waals surface area contributed by atoms with Gasteiger partial charge in [0.05, 0.1) is 0 Å². The number of nitrogens with one attached hydrogen (secondary N) is 2. The monoisotopic (exact) mass is 449 g/mol. The predicted molar refractivity (Wildman–Crippen MR) is 129 cm³/mol. The van der Waals surface area contributed by atoms with Crippen molar-refractivity contribution in [3.8, 4) is 0 Å². The molecule has 3 fully saturated rings. The van der Waals surface area contributed by atoms with Gasteiger partial charge in [-0.2, -0.15) is 0 Å². The van der Waals surface area contributed by atoms with E-state index in [1.807, 2.05) is 6.07 Å². The molecule has 2 heterocycles. The highest BCUT2D eigenvalue weighted by molar-refractivity contribution is 6.15. The molecule has 4 aliphatic rings. The molecule has 3 atom stereocenters. The molecule has 0 bridgehead atoms. The largest absolute Gasteiger partial charge is 0.322 e. The van der Waals surface area contributed by atoms with Crippen molar-refractivity contribution in [2.24, 2.45) is 5.92 Å². The van der Waals surface area contributed by atoms with Crippen molar-refractivity contribution in [3.63, 3.8) is 0 Å². The second-order valence-electron chi connectivity index (χ2n) is 11.0. The molecule has 1 aromatic rings. The Kier molecular flexibility index (Phi) is 6.34. The van der Waals surface area contributed by atoms with E-state index in [1.54, 1.807) is 4.90 Å². The summed E-state index contributed by atoms with van der Waals surface area (Å²) in [6.45, 7) is 0.457. The maximum Gasteiger partial charge on any atom is 0.255 e. The van der Waals surface area contributed by atoms with Crippen LogP contribution in [0.25, 0.3) is 0 Å². The SMILES string of the molecule is BC1(N[C@H]2CCCC[C@@H]2Cc2ccc3c(c2)CN(C2CCC(=O)NC2=O)C3=O)CCCCC1. The molecule has 0 radical (unpaired) electrons. The average molecular weight is 449 g/mol. The lowest BCUT2D eigenvalue weighted by atomic mass is 9.66. The van der Waals surface area contributed by atoms with E-state index in [0.717, 1.165) is 12.0 Å². The van der Waals surface area contributed by atoms with E-state index < -0.39 is 6.04 Å². The lowest BCUT2D eigenvalue weighted by Gasteiger charge is -2.43. The third-order valence-electron chi connectivity index (χ3n) is 8.49. The fourth-order valence-electron chi connectivity index (χ4n) is 6.62. The van der Waals surface area contributed by atoms with Crippen LogP contribution in [0.3, 0.4) is 0 Å². The Labute approximate surface area is 197 Å². The van der Waals surface area contributed by atoms with Crippen LogP contribution in [0, 0.1) is 5.92 Å². The summed E-state index contributed by atoms with van der Waals surface area (Å²) in [5.74, 6) is -0.0623. The van der Waals surface area contributed by atoms with Gasteiger partial charge >= 0.3 is 0 Å². The van der Waals surface area contributed by atoms with Crippen LogP contribution in [0.2, 0.25) is 0 Å². The summed E-state index contributed by atoms with van der Waals surface area (Å²) in [6.07, 6.45) is 13.5. The van der Waals surface area contributed by atoms with Crippen LogP contribution in [0.5, 0.6) is 0 Å². The molecule has 3 amide bonds. The van der Waals surface area contributed by atoms with Crippen LogP contribution in [0.1, 0.15) is 92.1 Å². The number of piperidine rings is 1. The molecular formula is C26H36BN3O3. The summed E-state index contributed by atoms with van der Waals surface area (Å²) in [5, 5.41) is 6.47. The van der Waals surface area contributed by atoms with E-state index in [4.69, 9.17) is 0 Å². The molecule has 6 nitrogen and oxygen atoms in total. The molecule has 2 aliphatic carbocycles. The van der Waals surface area contributed by atoms with Gasteiger partial charge in [-0.3, -0.25) is 19.7 Å². The number of benzene rings is 1. The van der Waals surface area contributed by atoms with E-state index in [-0.39, 0.29) is 29.6 Å². The second-order valence-corrected chi connectivity index (χ2v) is 11.0. The van der Waals surface area contributed by atoms with Crippen molar-refractivity contribution in [2.75, 3.05) is 0 Å². The first-order chi connectivity index (χ1) is 15.9. The second kappa shape index (κ2) is 9.24. The van der Waals surface area contributed by atoms with Crippen LogP contribution < -0.4 is 10.6 Å². The van der Waals surface area contributed by atoms with Gasteiger partial charge in [-0.15, -0.1) is 0 Å². The van der Waals surface area contributed by atoms with Gasteiger partial charge < -0.3 is 10.2 Å². The molecule has 2 saturated carbocycles. The average Bonchev–Trinajstić information content (AvgIpc) is 3.11. The summed E-state index contributed by atoms with van der Waals surface area (Å²) in [6, 6.07) is 6.27. The van der Waals surface area contributed by atoms with Crippen LogP contribution in [0.4, 0.5) is 0 Å². The lowest BCUT2D eigenvalue weighted by Crippen LogP contribution is -2.55. The number of imide groups is 1. The number of nitrogens with zero attached hydrogens (tertiary/aromatic N) is 1. The lowest BCUT2D eigenvalue weighted by molar-refractivity contribution is -0.136. The standard InChI is InChI=1S/C26H36BN3O3/c27-26(12-4-1-5-13-26)29-21-7-3-2-6-18(21)14-17-8-9-20-19(15-17)16-30(25(20)33)22-10-11-23(31)28-24(22)32/h8-9,15,18,21-22,29H,1-7,10-14,16,27H2,(H,28,31,32)/t18-,21+,22?/m1/s1. The summed E-state index contributed by atoms with van der Waals surface area (Å²) < 4.78 is 0. The van der Waals surface area contributed by atoms with Crippen LogP contribution in [0.15, 0.2) is 18.2 Å². The Morgan fingerprint density at radius 3 is 2.61 bits per heavy atom. The van der Waals surface area contributed by atoms with Gasteiger partial charge in [-0.05, 0) is 67.1 Å². The first-order valence-electron chi connectivity index (χ1n) is 13.0. The highest BCUT2D eigenvalue weighted by Crippen LogP contribution is 2.34.